The van der Waals surface area contributed by atoms with Crippen molar-refractivity contribution in [1.82, 2.24) is 19.8 Å². The molecule has 1 aliphatic rings. The molecule has 0 spiro atoms. The van der Waals surface area contributed by atoms with Crippen molar-refractivity contribution < 1.29 is 23.0 Å². The van der Waals surface area contributed by atoms with Crippen molar-refractivity contribution in [2.75, 3.05) is 63.6 Å². The van der Waals surface area contributed by atoms with E-state index < -0.39 is 6.36 Å². The zero-order chi connectivity index (χ0) is 23.1. The monoisotopic (exact) mass is 454 g/mol. The number of rotatable bonds is 9. The number of benzene rings is 1. The summed E-state index contributed by atoms with van der Waals surface area (Å²) < 4.78 is 41.8. The van der Waals surface area contributed by atoms with Crippen LogP contribution in [0, 0.1) is 0 Å². The molecule has 1 aromatic carbocycles. The molecule has 2 aromatic rings. The summed E-state index contributed by atoms with van der Waals surface area (Å²) >= 11 is 0. The molecule has 32 heavy (non-hydrogen) atoms. The molecule has 1 atom stereocenters. The fraction of sp³-hybridized carbons (Fsp3) is 0.524. The van der Waals surface area contributed by atoms with Crippen molar-refractivity contribution in [2.24, 2.45) is 0 Å². The normalized spacial score (nSPS) is 16.6. The van der Waals surface area contributed by atoms with Crippen molar-refractivity contribution in [3.8, 4) is 17.0 Å². The van der Waals surface area contributed by atoms with Crippen LogP contribution in [0.4, 0.5) is 24.9 Å². The Hall–Kier alpha value is -2.63. The molecule has 8 nitrogen and oxygen atoms in total. The van der Waals surface area contributed by atoms with E-state index in [2.05, 4.69) is 42.2 Å². The molecule has 0 amide bonds. The van der Waals surface area contributed by atoms with Gasteiger partial charge in [0.2, 0.25) is 5.95 Å². The Morgan fingerprint density at radius 2 is 1.91 bits per heavy atom. The first-order chi connectivity index (χ1) is 15.2. The molecule has 0 saturated carbocycles. The van der Waals surface area contributed by atoms with Gasteiger partial charge >= 0.3 is 6.36 Å². The predicted octanol–water partition coefficient (Wildman–Crippen LogP) is 2.49. The molecule has 0 aliphatic carbocycles. The van der Waals surface area contributed by atoms with Gasteiger partial charge in [-0.25, -0.2) is 4.98 Å². The molecule has 1 saturated heterocycles. The van der Waals surface area contributed by atoms with Crippen LogP contribution in [0.3, 0.4) is 0 Å². The van der Waals surface area contributed by atoms with E-state index in [4.69, 9.17) is 0 Å². The Kier molecular flexibility index (Phi) is 8.10. The van der Waals surface area contributed by atoms with Crippen LogP contribution in [0.5, 0.6) is 5.75 Å². The maximum absolute atomic E-state index is 12.6. The van der Waals surface area contributed by atoms with Crippen molar-refractivity contribution in [3.05, 3.63) is 30.3 Å². The van der Waals surface area contributed by atoms with E-state index >= 15 is 0 Å². The smallest absolute Gasteiger partial charge is 0.406 e. The van der Waals surface area contributed by atoms with Crippen LogP contribution in [0.15, 0.2) is 30.3 Å². The number of nitrogens with one attached hydrogen (secondary N) is 2. The first kappa shape index (κ1) is 24.0. The van der Waals surface area contributed by atoms with Gasteiger partial charge in [-0.05, 0) is 26.1 Å². The topological polar surface area (TPSA) is 85.8 Å². The van der Waals surface area contributed by atoms with E-state index in [1.807, 2.05) is 0 Å². The first-order valence-corrected chi connectivity index (χ1v) is 10.5. The average Bonchev–Trinajstić information content (AvgIpc) is 2.74. The summed E-state index contributed by atoms with van der Waals surface area (Å²) in [5.41, 5.74) is 0.887. The lowest BCUT2D eigenvalue weighted by molar-refractivity contribution is -0.274. The molecule has 3 N–H and O–H groups in total. The van der Waals surface area contributed by atoms with Crippen molar-refractivity contribution >= 4 is 11.8 Å². The maximum atomic E-state index is 12.6. The molecule has 1 fully saturated rings. The van der Waals surface area contributed by atoms with Crippen LogP contribution < -0.4 is 15.4 Å². The minimum absolute atomic E-state index is 0.116. The summed E-state index contributed by atoms with van der Waals surface area (Å²) in [7, 11) is 2.11. The number of alkyl halides is 3. The lowest BCUT2D eigenvalue weighted by atomic mass is 10.1. The van der Waals surface area contributed by atoms with Crippen molar-refractivity contribution in [2.45, 2.75) is 19.3 Å². The second kappa shape index (κ2) is 10.8. The highest BCUT2D eigenvalue weighted by Crippen LogP contribution is 2.28. The SMILES string of the molecule is C[C@H](CO)Nc1nc(NCCN2CCN(C)CC2)cc(-c2cccc(OC(F)(F)F)c2)n1. The minimum Gasteiger partial charge on any atom is -0.406 e. The molecule has 0 unspecified atom stereocenters. The zero-order valence-electron chi connectivity index (χ0n) is 18.2. The van der Waals surface area contributed by atoms with Crippen LogP contribution >= 0.6 is 0 Å². The molecule has 0 radical (unpaired) electrons. The van der Waals surface area contributed by atoms with Crippen LogP contribution in [0.2, 0.25) is 0 Å². The Labute approximate surface area is 185 Å². The molecule has 176 valence electrons. The molecule has 1 aromatic heterocycles. The third kappa shape index (κ3) is 7.50. The number of aliphatic hydroxyl groups is 1. The highest BCUT2D eigenvalue weighted by molar-refractivity contribution is 5.66. The van der Waals surface area contributed by atoms with Crippen LogP contribution in [0.1, 0.15) is 6.92 Å². The largest absolute Gasteiger partial charge is 0.573 e. The van der Waals surface area contributed by atoms with Gasteiger partial charge in [0.05, 0.1) is 12.3 Å². The number of nitrogens with zero attached hydrogens (tertiary/aromatic N) is 4. The van der Waals surface area contributed by atoms with Gasteiger partial charge in [0.25, 0.3) is 0 Å². The number of hydrogen-bond acceptors (Lipinski definition) is 8. The number of anilines is 2. The summed E-state index contributed by atoms with van der Waals surface area (Å²) in [6.07, 6.45) is -4.77. The number of halogens is 3. The Bertz CT molecular complexity index is 875. The zero-order valence-corrected chi connectivity index (χ0v) is 18.2. The van der Waals surface area contributed by atoms with Gasteiger partial charge in [0, 0.05) is 56.9 Å². The van der Waals surface area contributed by atoms with E-state index in [-0.39, 0.29) is 24.3 Å². The number of likely N-dealkylation sites (N-methyl/N-ethyl adjacent to an activating group) is 1. The van der Waals surface area contributed by atoms with E-state index in [1.165, 1.54) is 18.2 Å². The number of piperazine rings is 1. The van der Waals surface area contributed by atoms with E-state index in [1.54, 1.807) is 19.1 Å². The number of aliphatic hydroxyl groups excluding tert-OH is 1. The van der Waals surface area contributed by atoms with Gasteiger partial charge in [0.1, 0.15) is 11.6 Å². The van der Waals surface area contributed by atoms with E-state index in [0.29, 0.717) is 23.6 Å². The summed E-state index contributed by atoms with van der Waals surface area (Å²) in [5.74, 6) is 0.489. The average molecular weight is 454 g/mol. The molecule has 11 heteroatoms. The third-order valence-corrected chi connectivity index (χ3v) is 5.07. The minimum atomic E-state index is -4.77. The van der Waals surface area contributed by atoms with Gasteiger partial charge in [-0.3, -0.25) is 4.90 Å². The first-order valence-electron chi connectivity index (χ1n) is 10.5. The van der Waals surface area contributed by atoms with E-state index in [0.717, 1.165) is 32.7 Å². The Morgan fingerprint density at radius 1 is 1.16 bits per heavy atom. The maximum Gasteiger partial charge on any atom is 0.573 e. The second-order valence-corrected chi connectivity index (χ2v) is 7.84. The van der Waals surface area contributed by atoms with E-state index in [9.17, 15) is 18.3 Å². The Morgan fingerprint density at radius 3 is 2.59 bits per heavy atom. The molecular weight excluding hydrogens is 425 g/mol. The van der Waals surface area contributed by atoms with Gasteiger partial charge in [-0.15, -0.1) is 13.2 Å². The quantitative estimate of drug-likeness (QED) is 0.533. The summed E-state index contributed by atoms with van der Waals surface area (Å²) in [4.78, 5) is 13.5. The molecule has 0 bridgehead atoms. The fourth-order valence-corrected chi connectivity index (χ4v) is 3.28. The molecule has 2 heterocycles. The number of aromatic nitrogens is 2. The van der Waals surface area contributed by atoms with Gasteiger partial charge in [-0.2, -0.15) is 4.98 Å². The second-order valence-electron chi connectivity index (χ2n) is 7.84. The van der Waals surface area contributed by atoms with Gasteiger partial charge < -0.3 is 25.4 Å². The molecular formula is C21H29F3N6O2. The van der Waals surface area contributed by atoms with Gasteiger partial charge in [0.15, 0.2) is 0 Å². The summed E-state index contributed by atoms with van der Waals surface area (Å²) in [6.45, 7) is 7.22. The molecule has 1 aliphatic heterocycles. The third-order valence-electron chi connectivity index (χ3n) is 5.07. The fourth-order valence-electron chi connectivity index (χ4n) is 3.28. The summed E-state index contributed by atoms with van der Waals surface area (Å²) in [5, 5.41) is 15.6. The number of hydrogen-bond donors (Lipinski definition) is 3. The predicted molar refractivity (Wildman–Crippen MR) is 117 cm³/mol. The highest BCUT2D eigenvalue weighted by Gasteiger charge is 2.31. The molecule has 3 rings (SSSR count). The highest BCUT2D eigenvalue weighted by atomic mass is 19.4. The van der Waals surface area contributed by atoms with Crippen LogP contribution in [-0.2, 0) is 0 Å². The summed E-state index contributed by atoms with van der Waals surface area (Å²) in [6, 6.07) is 7.04. The Balaban J connectivity index is 1.76. The van der Waals surface area contributed by atoms with Crippen LogP contribution in [0.25, 0.3) is 11.3 Å². The van der Waals surface area contributed by atoms with Gasteiger partial charge in [-0.1, -0.05) is 12.1 Å². The van der Waals surface area contributed by atoms with Crippen molar-refractivity contribution in [1.29, 1.82) is 0 Å². The lowest BCUT2D eigenvalue weighted by Crippen LogP contribution is -2.45. The van der Waals surface area contributed by atoms with Crippen LogP contribution in [-0.4, -0.2) is 90.2 Å². The standard InChI is InChI=1S/C21H29F3N6O2/c1-15(14-31)26-20-27-18(16-4-3-5-17(12-16)32-21(22,23)24)13-19(28-20)25-6-7-30-10-8-29(2)9-11-30/h3-5,12-13,15,31H,6-11,14H2,1-2H3,(H2,25,26,27,28)/t15-/m1/s1. The number of ether oxygens (including phenoxy) is 1. The van der Waals surface area contributed by atoms with Crippen molar-refractivity contribution in [3.63, 3.8) is 0 Å². The lowest BCUT2D eigenvalue weighted by Gasteiger charge is -2.32.